The van der Waals surface area contributed by atoms with Gasteiger partial charge in [0.25, 0.3) is 11.8 Å². The zero-order chi connectivity index (χ0) is 19.1. The normalized spacial score (nSPS) is 36.6. The van der Waals surface area contributed by atoms with Crippen LogP contribution in [0.4, 0.5) is 0 Å². The molecule has 1 aliphatic carbocycles. The summed E-state index contributed by atoms with van der Waals surface area (Å²) in [6.45, 7) is 4.24. The van der Waals surface area contributed by atoms with Gasteiger partial charge in [-0.2, -0.15) is 8.42 Å². The summed E-state index contributed by atoms with van der Waals surface area (Å²) in [5.41, 5.74) is 2.09. The van der Waals surface area contributed by atoms with Crippen molar-refractivity contribution in [3.8, 4) is 0 Å². The molecule has 1 aromatic rings. The molecule has 0 radical (unpaired) electrons. The van der Waals surface area contributed by atoms with Crippen molar-refractivity contribution in [1.29, 1.82) is 0 Å². The van der Waals surface area contributed by atoms with Crippen molar-refractivity contribution in [1.82, 2.24) is 5.06 Å². The zero-order valence-electron chi connectivity index (χ0n) is 14.9. The number of fused-ring (bicyclic) bond motifs is 6. The van der Waals surface area contributed by atoms with Gasteiger partial charge in [-0.25, -0.2) is 0 Å². The van der Waals surface area contributed by atoms with Gasteiger partial charge in [0.1, 0.15) is 0 Å². The van der Waals surface area contributed by atoms with Crippen molar-refractivity contribution in [2.75, 3.05) is 0 Å². The number of benzene rings is 1. The SMILES string of the molecule is CC1Cc2cc(S(=O)(=O)ON3C(=O)C4C5C=CC(O5)C4C3=O)ccc2C1C. The van der Waals surface area contributed by atoms with Gasteiger partial charge in [0.05, 0.1) is 28.9 Å². The molecule has 0 N–H and O–H groups in total. The monoisotopic (exact) mass is 389 g/mol. The minimum atomic E-state index is -4.29. The topological polar surface area (TPSA) is 90.0 Å². The lowest BCUT2D eigenvalue weighted by molar-refractivity contribution is -0.168. The molecule has 0 aromatic heterocycles. The molecule has 2 saturated heterocycles. The van der Waals surface area contributed by atoms with Crippen LogP contribution in [-0.4, -0.2) is 37.5 Å². The van der Waals surface area contributed by atoms with E-state index in [0.29, 0.717) is 16.9 Å². The largest absolute Gasteiger partial charge is 0.365 e. The number of hydroxylamine groups is 2. The first-order valence-electron chi connectivity index (χ1n) is 9.07. The molecule has 142 valence electrons. The predicted molar refractivity (Wildman–Crippen MR) is 92.6 cm³/mol. The average molecular weight is 389 g/mol. The van der Waals surface area contributed by atoms with E-state index in [1.807, 2.05) is 0 Å². The van der Waals surface area contributed by atoms with Crippen molar-refractivity contribution in [2.24, 2.45) is 17.8 Å². The van der Waals surface area contributed by atoms with Gasteiger partial charge in [-0.1, -0.05) is 32.1 Å². The van der Waals surface area contributed by atoms with Crippen LogP contribution in [-0.2, 0) is 35.1 Å². The summed E-state index contributed by atoms with van der Waals surface area (Å²) in [5.74, 6) is -1.93. The van der Waals surface area contributed by atoms with E-state index in [-0.39, 0.29) is 4.90 Å². The first-order chi connectivity index (χ1) is 12.8. The number of hydrogen-bond donors (Lipinski definition) is 0. The molecule has 2 bridgehead atoms. The summed E-state index contributed by atoms with van der Waals surface area (Å²) in [7, 11) is -4.29. The van der Waals surface area contributed by atoms with E-state index in [1.54, 1.807) is 24.3 Å². The summed E-state index contributed by atoms with van der Waals surface area (Å²) >= 11 is 0. The van der Waals surface area contributed by atoms with E-state index < -0.39 is 46.0 Å². The lowest BCUT2D eigenvalue weighted by Crippen LogP contribution is -2.36. The molecule has 2 fully saturated rings. The molecule has 4 aliphatic rings. The molecule has 0 spiro atoms. The molecule has 27 heavy (non-hydrogen) atoms. The molecule has 1 aromatic carbocycles. The van der Waals surface area contributed by atoms with E-state index in [9.17, 15) is 18.0 Å². The number of amides is 2. The second-order valence-electron chi connectivity index (χ2n) is 7.83. The Bertz CT molecular complexity index is 969. The van der Waals surface area contributed by atoms with Gasteiger partial charge >= 0.3 is 10.1 Å². The third-order valence-corrected chi connectivity index (χ3v) is 7.51. The Balaban J connectivity index is 1.42. The second-order valence-corrected chi connectivity index (χ2v) is 9.36. The predicted octanol–water partition coefficient (Wildman–Crippen LogP) is 1.54. The maximum absolute atomic E-state index is 12.7. The summed E-state index contributed by atoms with van der Waals surface area (Å²) in [6.07, 6.45) is 3.28. The van der Waals surface area contributed by atoms with Crippen LogP contribution in [0, 0.1) is 17.8 Å². The second kappa shape index (κ2) is 5.50. The first kappa shape index (κ1) is 17.1. The quantitative estimate of drug-likeness (QED) is 0.575. The molecular formula is C19H19NO6S. The summed E-state index contributed by atoms with van der Waals surface area (Å²) in [6, 6.07) is 4.86. The van der Waals surface area contributed by atoms with Gasteiger partial charge in [0.15, 0.2) is 0 Å². The smallest absolute Gasteiger partial charge is 0.318 e. The summed E-state index contributed by atoms with van der Waals surface area (Å²) < 4.78 is 36.0. The minimum absolute atomic E-state index is 0.0439. The van der Waals surface area contributed by atoms with E-state index in [4.69, 9.17) is 9.02 Å². The van der Waals surface area contributed by atoms with Gasteiger partial charge in [-0.15, -0.1) is 9.35 Å². The van der Waals surface area contributed by atoms with Crippen LogP contribution in [0.25, 0.3) is 0 Å². The molecule has 7 nitrogen and oxygen atoms in total. The maximum atomic E-state index is 12.7. The van der Waals surface area contributed by atoms with Gasteiger partial charge in [-0.3, -0.25) is 9.59 Å². The summed E-state index contributed by atoms with van der Waals surface area (Å²) in [5, 5.41) is 0.415. The highest BCUT2D eigenvalue weighted by Gasteiger charge is 2.62. The standard InChI is InChI=1S/C19H19NO6S/c1-9-7-11-8-12(3-4-13(11)10(9)2)27(23,24)26-20-18(21)16-14-5-6-15(25-14)17(16)19(20)22/h3-6,8-10,14-17H,7H2,1-2H3. The van der Waals surface area contributed by atoms with Crippen LogP contribution in [0.3, 0.4) is 0 Å². The average Bonchev–Trinajstić information content (AvgIpc) is 3.36. The number of ether oxygens (including phenoxy) is 1. The lowest BCUT2D eigenvalue weighted by atomic mass is 9.85. The fraction of sp³-hybridized carbons (Fsp3) is 0.474. The number of imide groups is 1. The van der Waals surface area contributed by atoms with Crippen molar-refractivity contribution >= 4 is 21.9 Å². The lowest BCUT2D eigenvalue weighted by Gasteiger charge is -2.16. The molecule has 2 amide bonds. The van der Waals surface area contributed by atoms with Crippen LogP contribution in [0.5, 0.6) is 0 Å². The molecule has 3 heterocycles. The highest BCUT2D eigenvalue weighted by molar-refractivity contribution is 7.86. The Hall–Kier alpha value is -2.03. The molecule has 5 rings (SSSR count). The number of hydrogen-bond acceptors (Lipinski definition) is 6. The molecule has 8 heteroatoms. The highest BCUT2D eigenvalue weighted by atomic mass is 32.2. The van der Waals surface area contributed by atoms with Crippen molar-refractivity contribution in [2.45, 2.75) is 43.3 Å². The van der Waals surface area contributed by atoms with Crippen LogP contribution < -0.4 is 0 Å². The fourth-order valence-corrected chi connectivity index (χ4v) is 5.63. The molecule has 0 saturated carbocycles. The van der Waals surface area contributed by atoms with Gasteiger partial charge in [0.2, 0.25) is 0 Å². The van der Waals surface area contributed by atoms with Gasteiger partial charge < -0.3 is 4.74 Å². The minimum Gasteiger partial charge on any atom is -0.365 e. The number of rotatable bonds is 3. The van der Waals surface area contributed by atoms with E-state index in [2.05, 4.69) is 13.8 Å². The Morgan fingerprint density at radius 3 is 2.33 bits per heavy atom. The van der Waals surface area contributed by atoms with Crippen molar-refractivity contribution in [3.63, 3.8) is 0 Å². The van der Waals surface area contributed by atoms with Gasteiger partial charge in [0, 0.05) is 0 Å². The molecule has 6 unspecified atom stereocenters. The molecule has 6 atom stereocenters. The fourth-order valence-electron chi connectivity index (χ4n) is 4.68. The number of nitrogens with zero attached hydrogens (tertiary/aromatic N) is 1. The third kappa shape index (κ3) is 2.30. The molecular weight excluding hydrogens is 370 g/mol. The summed E-state index contributed by atoms with van der Waals surface area (Å²) in [4.78, 5) is 25.1. The Labute approximate surface area is 157 Å². The van der Waals surface area contributed by atoms with Crippen LogP contribution in [0.15, 0.2) is 35.2 Å². The first-order valence-corrected chi connectivity index (χ1v) is 10.5. The highest BCUT2D eigenvalue weighted by Crippen LogP contribution is 2.45. The van der Waals surface area contributed by atoms with Crippen LogP contribution in [0.2, 0.25) is 0 Å². The van der Waals surface area contributed by atoms with E-state index >= 15 is 0 Å². The number of carbonyl (C=O) groups excluding carboxylic acids is 2. The van der Waals surface area contributed by atoms with Crippen molar-refractivity contribution < 1.29 is 27.0 Å². The van der Waals surface area contributed by atoms with Crippen LogP contribution >= 0.6 is 0 Å². The number of carbonyl (C=O) groups is 2. The Kier molecular flexibility index (Phi) is 3.48. The third-order valence-electron chi connectivity index (χ3n) is 6.33. The molecule has 3 aliphatic heterocycles. The zero-order valence-corrected chi connectivity index (χ0v) is 15.7. The van der Waals surface area contributed by atoms with E-state index in [1.165, 1.54) is 6.07 Å². The maximum Gasteiger partial charge on any atom is 0.318 e. The van der Waals surface area contributed by atoms with Crippen LogP contribution in [0.1, 0.15) is 30.9 Å². The van der Waals surface area contributed by atoms with Crippen molar-refractivity contribution in [3.05, 3.63) is 41.5 Å². The van der Waals surface area contributed by atoms with Gasteiger partial charge in [-0.05, 0) is 41.5 Å². The Morgan fingerprint density at radius 1 is 1.07 bits per heavy atom. The van der Waals surface area contributed by atoms with E-state index in [0.717, 1.165) is 17.5 Å². The Morgan fingerprint density at radius 2 is 1.70 bits per heavy atom.